The van der Waals surface area contributed by atoms with Crippen molar-refractivity contribution in [2.75, 3.05) is 19.7 Å². The monoisotopic (exact) mass is 408 g/mol. The third-order valence-electron chi connectivity index (χ3n) is 4.94. The third-order valence-corrected chi connectivity index (χ3v) is 4.94. The smallest absolute Gasteiger partial charge is 0.326 e. The molecule has 0 aromatic heterocycles. The van der Waals surface area contributed by atoms with Gasteiger partial charge in [-0.25, -0.2) is 9.59 Å². The van der Waals surface area contributed by atoms with Crippen molar-refractivity contribution in [2.24, 2.45) is 11.3 Å². The van der Waals surface area contributed by atoms with Gasteiger partial charge in [0.25, 0.3) is 11.8 Å². The zero-order valence-electron chi connectivity index (χ0n) is 17.0. The number of nitrogens with zero attached hydrogens (tertiary/aromatic N) is 1. The van der Waals surface area contributed by atoms with Crippen LogP contribution in [0.2, 0.25) is 0 Å². The molecule has 10 heteroatoms. The molecule has 2 aliphatic rings. The van der Waals surface area contributed by atoms with Crippen LogP contribution in [0.15, 0.2) is 12.7 Å². The van der Waals surface area contributed by atoms with Gasteiger partial charge in [0, 0.05) is 6.54 Å². The van der Waals surface area contributed by atoms with Crippen LogP contribution in [0.1, 0.15) is 40.0 Å². The lowest BCUT2D eigenvalue weighted by Gasteiger charge is -2.43. The first-order chi connectivity index (χ1) is 13.5. The molecule has 3 N–H and O–H groups in total. The van der Waals surface area contributed by atoms with Crippen molar-refractivity contribution in [1.82, 2.24) is 20.9 Å². The average molecular weight is 408 g/mol. The first-order valence-corrected chi connectivity index (χ1v) is 9.46. The summed E-state index contributed by atoms with van der Waals surface area (Å²) in [6, 6.07) is -1.40. The Morgan fingerprint density at radius 1 is 1.31 bits per heavy atom. The number of carbonyl (C=O) groups excluding carboxylic acids is 5. The molecule has 6 amide bonds. The van der Waals surface area contributed by atoms with Crippen LogP contribution in [-0.2, 0) is 19.1 Å². The van der Waals surface area contributed by atoms with Crippen LogP contribution in [0.4, 0.5) is 9.59 Å². The van der Waals surface area contributed by atoms with E-state index in [1.54, 1.807) is 0 Å². The highest BCUT2D eigenvalue weighted by molar-refractivity contribution is 6.09. The molecule has 1 aliphatic carbocycles. The van der Waals surface area contributed by atoms with Crippen LogP contribution in [-0.4, -0.2) is 60.0 Å². The van der Waals surface area contributed by atoms with Gasteiger partial charge in [-0.15, -0.1) is 6.58 Å². The van der Waals surface area contributed by atoms with E-state index in [-0.39, 0.29) is 17.9 Å². The molecule has 160 valence electrons. The molecule has 0 unspecified atom stereocenters. The molecular weight excluding hydrogens is 380 g/mol. The van der Waals surface area contributed by atoms with E-state index in [1.807, 2.05) is 26.1 Å². The normalized spacial score (nSPS) is 25.3. The number of urea groups is 2. The molecule has 10 nitrogen and oxygen atoms in total. The lowest BCUT2D eigenvalue weighted by atomic mass is 9.64. The van der Waals surface area contributed by atoms with Crippen LogP contribution >= 0.6 is 0 Å². The summed E-state index contributed by atoms with van der Waals surface area (Å²) in [6.45, 7) is 8.40. The Bertz CT molecular complexity index is 734. The average Bonchev–Trinajstić information content (AvgIpc) is 2.79. The quantitative estimate of drug-likeness (QED) is 0.336. The van der Waals surface area contributed by atoms with Crippen LogP contribution in [0, 0.1) is 11.3 Å². The highest BCUT2D eigenvalue weighted by Crippen LogP contribution is 2.46. The van der Waals surface area contributed by atoms with Gasteiger partial charge in [-0.1, -0.05) is 26.8 Å². The fraction of sp³-hybridized carbons (Fsp3) is 0.632. The molecule has 1 saturated heterocycles. The summed E-state index contributed by atoms with van der Waals surface area (Å²) >= 11 is 0. The number of rotatable bonds is 6. The SMILES string of the molecule is C=CCNC(=O)NC(=O)COC(=O)CN1C(=O)N[C@@]2(C[C@@H](C)CC(C)(C)C2)C1=O. The molecule has 2 fully saturated rings. The Labute approximate surface area is 169 Å². The van der Waals surface area contributed by atoms with Crippen molar-refractivity contribution >= 4 is 29.8 Å². The van der Waals surface area contributed by atoms with E-state index in [0.717, 1.165) is 11.3 Å². The first kappa shape index (κ1) is 22.4. The van der Waals surface area contributed by atoms with E-state index in [9.17, 15) is 24.0 Å². The Morgan fingerprint density at radius 3 is 2.62 bits per heavy atom. The maximum Gasteiger partial charge on any atom is 0.326 e. The summed E-state index contributed by atoms with van der Waals surface area (Å²) in [4.78, 5) is 61.1. The van der Waals surface area contributed by atoms with Gasteiger partial charge < -0.3 is 15.4 Å². The number of amides is 6. The van der Waals surface area contributed by atoms with E-state index in [1.165, 1.54) is 6.08 Å². The van der Waals surface area contributed by atoms with Crippen molar-refractivity contribution in [1.29, 1.82) is 0 Å². The maximum absolute atomic E-state index is 12.9. The lowest BCUT2D eigenvalue weighted by molar-refractivity contribution is -0.151. The standard InChI is InChI=1S/C19H28N4O6/c1-5-6-20-16(27)21-13(24)10-29-14(25)9-23-15(26)19(22-17(23)28)8-12(2)7-18(3,4)11-19/h5,12H,1,6-11H2,2-4H3,(H,22,28)(H2,20,21,24,27)/t12-,19+/m0/s1. The molecule has 1 saturated carbocycles. The topological polar surface area (TPSA) is 134 Å². The third kappa shape index (κ3) is 5.55. The number of nitrogens with one attached hydrogen (secondary N) is 3. The van der Waals surface area contributed by atoms with Gasteiger partial charge in [0.1, 0.15) is 12.1 Å². The minimum absolute atomic E-state index is 0.124. The van der Waals surface area contributed by atoms with Crippen LogP contribution < -0.4 is 16.0 Å². The van der Waals surface area contributed by atoms with Gasteiger partial charge in [-0.3, -0.25) is 24.6 Å². The van der Waals surface area contributed by atoms with Crippen LogP contribution in [0.25, 0.3) is 0 Å². The molecule has 1 aliphatic heterocycles. The zero-order valence-corrected chi connectivity index (χ0v) is 17.0. The Hall–Kier alpha value is -2.91. The second kappa shape index (κ2) is 8.62. The summed E-state index contributed by atoms with van der Waals surface area (Å²) in [5.41, 5.74) is -1.14. The molecule has 2 atom stereocenters. The minimum Gasteiger partial charge on any atom is -0.454 e. The van der Waals surface area contributed by atoms with Gasteiger partial charge in [0.15, 0.2) is 6.61 Å². The maximum atomic E-state index is 12.9. The second-order valence-electron chi connectivity index (χ2n) is 8.47. The Morgan fingerprint density at radius 2 is 2.00 bits per heavy atom. The fourth-order valence-corrected chi connectivity index (χ4v) is 4.34. The number of ether oxygens (including phenoxy) is 1. The number of carbonyl (C=O) groups is 5. The number of hydrogen-bond acceptors (Lipinski definition) is 6. The number of imide groups is 2. The van der Waals surface area contributed by atoms with Crippen molar-refractivity contribution in [3.63, 3.8) is 0 Å². The molecule has 0 radical (unpaired) electrons. The van der Waals surface area contributed by atoms with Crippen molar-refractivity contribution in [3.8, 4) is 0 Å². The predicted molar refractivity (Wildman–Crippen MR) is 102 cm³/mol. The van der Waals surface area contributed by atoms with E-state index in [2.05, 4.69) is 17.2 Å². The largest absolute Gasteiger partial charge is 0.454 e. The molecule has 2 rings (SSSR count). The summed E-state index contributed by atoms with van der Waals surface area (Å²) in [5.74, 6) is -1.97. The minimum atomic E-state index is -1.01. The summed E-state index contributed by atoms with van der Waals surface area (Å²) in [6.07, 6.45) is 3.37. The Kier molecular flexibility index (Phi) is 6.66. The second-order valence-corrected chi connectivity index (χ2v) is 8.47. The number of esters is 1. The van der Waals surface area contributed by atoms with Gasteiger partial charge in [0.05, 0.1) is 0 Å². The van der Waals surface area contributed by atoms with E-state index in [0.29, 0.717) is 12.8 Å². The molecule has 0 aromatic carbocycles. The van der Waals surface area contributed by atoms with Gasteiger partial charge in [-0.05, 0) is 30.6 Å². The van der Waals surface area contributed by atoms with E-state index >= 15 is 0 Å². The summed E-state index contributed by atoms with van der Waals surface area (Å²) < 4.78 is 4.78. The highest BCUT2D eigenvalue weighted by Gasteiger charge is 2.56. The number of hydrogen-bond donors (Lipinski definition) is 3. The van der Waals surface area contributed by atoms with Gasteiger partial charge >= 0.3 is 18.0 Å². The van der Waals surface area contributed by atoms with Crippen molar-refractivity contribution in [3.05, 3.63) is 12.7 Å². The van der Waals surface area contributed by atoms with Gasteiger partial charge in [-0.2, -0.15) is 0 Å². The first-order valence-electron chi connectivity index (χ1n) is 9.46. The van der Waals surface area contributed by atoms with E-state index in [4.69, 9.17) is 4.74 Å². The zero-order chi connectivity index (χ0) is 21.8. The Balaban J connectivity index is 1.90. The molecular formula is C19H28N4O6. The summed E-state index contributed by atoms with van der Waals surface area (Å²) in [5, 5.41) is 7.06. The van der Waals surface area contributed by atoms with Crippen molar-refractivity contribution < 1.29 is 28.7 Å². The molecule has 0 bridgehead atoms. The molecule has 1 heterocycles. The van der Waals surface area contributed by atoms with E-state index < -0.39 is 48.5 Å². The predicted octanol–water partition coefficient (Wildman–Crippen LogP) is 0.678. The highest BCUT2D eigenvalue weighted by atomic mass is 16.5. The summed E-state index contributed by atoms with van der Waals surface area (Å²) in [7, 11) is 0. The molecule has 1 spiro atoms. The van der Waals surface area contributed by atoms with Crippen LogP contribution in [0.5, 0.6) is 0 Å². The molecule has 0 aromatic rings. The van der Waals surface area contributed by atoms with Gasteiger partial charge in [0.2, 0.25) is 0 Å². The fourth-order valence-electron chi connectivity index (χ4n) is 4.34. The van der Waals surface area contributed by atoms with Crippen molar-refractivity contribution in [2.45, 2.75) is 45.6 Å². The van der Waals surface area contributed by atoms with Crippen LogP contribution in [0.3, 0.4) is 0 Å². The molecule has 29 heavy (non-hydrogen) atoms. The lowest BCUT2D eigenvalue weighted by Crippen LogP contribution is -2.54.